The van der Waals surface area contributed by atoms with Gasteiger partial charge in [-0.15, -0.1) is 0 Å². The van der Waals surface area contributed by atoms with Crippen molar-refractivity contribution in [3.05, 3.63) is 53.4 Å². The Hall–Kier alpha value is -3.03. The molecule has 0 amide bonds. The van der Waals surface area contributed by atoms with Gasteiger partial charge in [-0.05, 0) is 30.2 Å². The van der Waals surface area contributed by atoms with Crippen molar-refractivity contribution in [3.63, 3.8) is 0 Å². The molecule has 1 N–H and O–H groups in total. The first-order valence-corrected chi connectivity index (χ1v) is 7.33. The van der Waals surface area contributed by atoms with Gasteiger partial charge < -0.3 is 9.26 Å². The quantitative estimate of drug-likeness (QED) is 0.723. The van der Waals surface area contributed by atoms with Crippen LogP contribution in [0, 0.1) is 5.82 Å². The SMILES string of the molecule is CC(C)c1[nH]ncc1C(=O)OCc1noc(-c2ccc(F)cc2)n1. The van der Waals surface area contributed by atoms with Gasteiger partial charge in [0.2, 0.25) is 5.82 Å². The van der Waals surface area contributed by atoms with Crippen LogP contribution in [0.4, 0.5) is 4.39 Å². The van der Waals surface area contributed by atoms with Crippen LogP contribution in [0.25, 0.3) is 11.5 Å². The number of hydrogen-bond acceptors (Lipinski definition) is 6. The minimum atomic E-state index is -0.513. The van der Waals surface area contributed by atoms with E-state index in [1.807, 2.05) is 13.8 Å². The van der Waals surface area contributed by atoms with E-state index in [0.29, 0.717) is 16.8 Å². The Bertz CT molecular complexity index is 839. The van der Waals surface area contributed by atoms with Gasteiger partial charge in [-0.1, -0.05) is 19.0 Å². The first-order chi connectivity index (χ1) is 11.5. The number of carbonyl (C=O) groups excluding carboxylic acids is 1. The van der Waals surface area contributed by atoms with Crippen LogP contribution in [0.2, 0.25) is 0 Å². The molecular formula is C16H15FN4O3. The third kappa shape index (κ3) is 3.32. The number of halogens is 1. The van der Waals surface area contributed by atoms with Gasteiger partial charge in [-0.3, -0.25) is 5.10 Å². The summed E-state index contributed by atoms with van der Waals surface area (Å²) in [5.74, 6) is -0.302. The zero-order valence-corrected chi connectivity index (χ0v) is 13.1. The zero-order valence-electron chi connectivity index (χ0n) is 13.1. The summed E-state index contributed by atoms with van der Waals surface area (Å²) in [7, 11) is 0. The highest BCUT2D eigenvalue weighted by Gasteiger charge is 2.18. The molecule has 0 atom stereocenters. The molecule has 124 valence electrons. The van der Waals surface area contributed by atoms with E-state index in [9.17, 15) is 9.18 Å². The fourth-order valence-corrected chi connectivity index (χ4v) is 2.13. The standard InChI is InChI=1S/C16H15FN4O3/c1-9(2)14-12(7-18-20-14)16(22)23-8-13-19-15(24-21-13)10-3-5-11(17)6-4-10/h3-7,9H,8H2,1-2H3,(H,18,20). The molecule has 1 aromatic carbocycles. The number of hydrogen-bond donors (Lipinski definition) is 1. The smallest absolute Gasteiger partial charge is 0.342 e. The fraction of sp³-hybridized carbons (Fsp3) is 0.250. The predicted octanol–water partition coefficient (Wildman–Crippen LogP) is 3.08. The minimum absolute atomic E-state index is 0.116. The third-order valence-corrected chi connectivity index (χ3v) is 3.36. The van der Waals surface area contributed by atoms with E-state index in [-0.39, 0.29) is 30.1 Å². The molecule has 8 heteroatoms. The summed E-state index contributed by atoms with van der Waals surface area (Å²) in [6.45, 7) is 3.75. The molecular weight excluding hydrogens is 315 g/mol. The molecule has 3 rings (SSSR count). The maximum absolute atomic E-state index is 12.9. The summed E-state index contributed by atoms with van der Waals surface area (Å²) in [5, 5.41) is 10.4. The van der Waals surface area contributed by atoms with E-state index in [0.717, 1.165) is 0 Å². The number of rotatable bonds is 5. The molecule has 0 saturated heterocycles. The Labute approximate surface area is 136 Å². The molecule has 3 aromatic rings. The van der Waals surface area contributed by atoms with Crippen molar-refractivity contribution >= 4 is 5.97 Å². The van der Waals surface area contributed by atoms with Crippen molar-refractivity contribution < 1.29 is 18.4 Å². The third-order valence-electron chi connectivity index (χ3n) is 3.36. The number of carbonyl (C=O) groups is 1. The molecule has 0 fully saturated rings. The number of aromatic amines is 1. The minimum Gasteiger partial charge on any atom is -0.454 e. The van der Waals surface area contributed by atoms with Crippen LogP contribution in [0.3, 0.4) is 0 Å². The van der Waals surface area contributed by atoms with E-state index in [1.165, 1.54) is 30.5 Å². The maximum atomic E-state index is 12.9. The fourth-order valence-electron chi connectivity index (χ4n) is 2.13. The normalized spacial score (nSPS) is 11.0. The number of H-pyrrole nitrogens is 1. The van der Waals surface area contributed by atoms with Crippen LogP contribution in [-0.4, -0.2) is 26.3 Å². The highest BCUT2D eigenvalue weighted by molar-refractivity contribution is 5.90. The lowest BCUT2D eigenvalue weighted by Gasteiger charge is -2.05. The first kappa shape index (κ1) is 15.9. The van der Waals surface area contributed by atoms with Crippen LogP contribution in [0.15, 0.2) is 35.0 Å². The highest BCUT2D eigenvalue weighted by atomic mass is 19.1. The maximum Gasteiger partial charge on any atom is 0.342 e. The van der Waals surface area contributed by atoms with Crippen LogP contribution >= 0.6 is 0 Å². The van der Waals surface area contributed by atoms with Crippen molar-refractivity contribution in [2.24, 2.45) is 0 Å². The lowest BCUT2D eigenvalue weighted by atomic mass is 10.1. The Kier molecular flexibility index (Phi) is 4.37. The predicted molar refractivity (Wildman–Crippen MR) is 81.5 cm³/mol. The Morgan fingerprint density at radius 3 is 2.79 bits per heavy atom. The van der Waals surface area contributed by atoms with Crippen LogP contribution < -0.4 is 0 Å². The van der Waals surface area contributed by atoms with E-state index in [4.69, 9.17) is 9.26 Å². The zero-order chi connectivity index (χ0) is 17.1. The van der Waals surface area contributed by atoms with Gasteiger partial charge in [0, 0.05) is 5.56 Å². The molecule has 0 aliphatic rings. The largest absolute Gasteiger partial charge is 0.454 e. The Morgan fingerprint density at radius 2 is 2.08 bits per heavy atom. The summed E-state index contributed by atoms with van der Waals surface area (Å²) in [4.78, 5) is 16.2. The number of nitrogens with zero attached hydrogens (tertiary/aromatic N) is 3. The first-order valence-electron chi connectivity index (χ1n) is 7.33. The number of ether oxygens (including phenoxy) is 1. The van der Waals surface area contributed by atoms with Crippen molar-refractivity contribution in [2.75, 3.05) is 0 Å². The van der Waals surface area contributed by atoms with Gasteiger partial charge in [0.25, 0.3) is 5.89 Å². The molecule has 2 heterocycles. The van der Waals surface area contributed by atoms with E-state index in [2.05, 4.69) is 20.3 Å². The summed E-state index contributed by atoms with van der Waals surface area (Å²) in [5.41, 5.74) is 1.67. The summed E-state index contributed by atoms with van der Waals surface area (Å²) in [6.07, 6.45) is 1.43. The number of aromatic nitrogens is 4. The molecule has 0 radical (unpaired) electrons. The van der Waals surface area contributed by atoms with Crippen molar-refractivity contribution in [3.8, 4) is 11.5 Å². The van der Waals surface area contributed by atoms with E-state index >= 15 is 0 Å². The van der Waals surface area contributed by atoms with Crippen LogP contribution in [0.1, 0.15) is 41.6 Å². The second-order valence-electron chi connectivity index (χ2n) is 5.45. The molecule has 0 aliphatic heterocycles. The van der Waals surface area contributed by atoms with Gasteiger partial charge in [-0.25, -0.2) is 9.18 Å². The van der Waals surface area contributed by atoms with Crippen molar-refractivity contribution in [2.45, 2.75) is 26.4 Å². The molecule has 0 saturated carbocycles. The van der Waals surface area contributed by atoms with Gasteiger partial charge in [0.1, 0.15) is 11.4 Å². The van der Waals surface area contributed by atoms with Gasteiger partial charge in [0.15, 0.2) is 6.61 Å². The van der Waals surface area contributed by atoms with Crippen molar-refractivity contribution in [1.29, 1.82) is 0 Å². The van der Waals surface area contributed by atoms with E-state index < -0.39 is 5.97 Å². The number of benzene rings is 1. The monoisotopic (exact) mass is 330 g/mol. The van der Waals surface area contributed by atoms with Crippen LogP contribution in [0.5, 0.6) is 0 Å². The van der Waals surface area contributed by atoms with E-state index in [1.54, 1.807) is 0 Å². The van der Waals surface area contributed by atoms with Gasteiger partial charge in [0.05, 0.1) is 11.9 Å². The topological polar surface area (TPSA) is 93.9 Å². The number of nitrogens with one attached hydrogen (secondary N) is 1. The summed E-state index contributed by atoms with van der Waals surface area (Å²) >= 11 is 0. The second kappa shape index (κ2) is 6.61. The van der Waals surface area contributed by atoms with Gasteiger partial charge >= 0.3 is 5.97 Å². The highest BCUT2D eigenvalue weighted by Crippen LogP contribution is 2.19. The molecule has 0 aliphatic carbocycles. The molecule has 24 heavy (non-hydrogen) atoms. The summed E-state index contributed by atoms with van der Waals surface area (Å²) in [6, 6.07) is 5.65. The lowest BCUT2D eigenvalue weighted by Crippen LogP contribution is -2.08. The Morgan fingerprint density at radius 1 is 1.33 bits per heavy atom. The molecule has 0 unspecified atom stereocenters. The van der Waals surface area contributed by atoms with Crippen molar-refractivity contribution in [1.82, 2.24) is 20.3 Å². The molecule has 0 bridgehead atoms. The summed E-state index contributed by atoms with van der Waals surface area (Å²) < 4.78 is 23.2. The van der Waals surface area contributed by atoms with Crippen LogP contribution in [-0.2, 0) is 11.3 Å². The lowest BCUT2D eigenvalue weighted by molar-refractivity contribution is 0.0458. The molecule has 0 spiro atoms. The molecule has 7 nitrogen and oxygen atoms in total. The number of esters is 1. The Balaban J connectivity index is 1.66. The average molecular weight is 330 g/mol. The average Bonchev–Trinajstić information content (AvgIpc) is 3.22. The van der Waals surface area contributed by atoms with Gasteiger partial charge in [-0.2, -0.15) is 10.1 Å². The molecule has 2 aromatic heterocycles. The second-order valence-corrected chi connectivity index (χ2v) is 5.45.